The Balaban J connectivity index is 3.55. The SMILES string of the molecule is COc1cccc(C(C)N)c1S(C)(=O)=O. The molecule has 1 aromatic carbocycles. The van der Waals surface area contributed by atoms with Crippen molar-refractivity contribution in [2.75, 3.05) is 13.4 Å². The first kappa shape index (κ1) is 12.0. The molecule has 0 bridgehead atoms. The van der Waals surface area contributed by atoms with E-state index in [1.165, 1.54) is 7.11 Å². The molecular weight excluding hydrogens is 214 g/mol. The normalized spacial score (nSPS) is 13.6. The number of hydrogen-bond donors (Lipinski definition) is 1. The molecule has 4 nitrogen and oxygen atoms in total. The second-order valence-corrected chi connectivity index (χ2v) is 5.39. The maximum absolute atomic E-state index is 11.6. The van der Waals surface area contributed by atoms with Gasteiger partial charge in [0.25, 0.3) is 0 Å². The highest BCUT2D eigenvalue weighted by atomic mass is 32.2. The molecule has 1 atom stereocenters. The van der Waals surface area contributed by atoms with Gasteiger partial charge in [-0.25, -0.2) is 8.42 Å². The maximum atomic E-state index is 11.6. The number of ether oxygens (including phenoxy) is 1. The first-order valence-electron chi connectivity index (χ1n) is 4.50. The van der Waals surface area contributed by atoms with Crippen LogP contribution in [0.3, 0.4) is 0 Å². The quantitative estimate of drug-likeness (QED) is 0.843. The first-order chi connectivity index (χ1) is 6.88. The smallest absolute Gasteiger partial charge is 0.179 e. The van der Waals surface area contributed by atoms with Gasteiger partial charge >= 0.3 is 0 Å². The molecule has 0 radical (unpaired) electrons. The molecule has 0 aromatic heterocycles. The molecule has 0 saturated heterocycles. The molecule has 0 saturated carbocycles. The second-order valence-electron chi connectivity index (χ2n) is 3.44. The van der Waals surface area contributed by atoms with Gasteiger partial charge in [-0.1, -0.05) is 12.1 Å². The Morgan fingerprint density at radius 1 is 1.40 bits per heavy atom. The molecule has 0 aliphatic heterocycles. The second kappa shape index (κ2) is 4.20. The summed E-state index contributed by atoms with van der Waals surface area (Å²) in [6.45, 7) is 1.74. The summed E-state index contributed by atoms with van der Waals surface area (Å²) in [6, 6.07) is 4.70. The number of rotatable bonds is 3. The topological polar surface area (TPSA) is 69.4 Å². The molecule has 84 valence electrons. The molecule has 1 rings (SSSR count). The molecule has 15 heavy (non-hydrogen) atoms. The highest BCUT2D eigenvalue weighted by molar-refractivity contribution is 7.90. The van der Waals surface area contributed by atoms with E-state index in [0.29, 0.717) is 11.3 Å². The summed E-state index contributed by atoms with van der Waals surface area (Å²) in [4.78, 5) is 0.183. The Hall–Kier alpha value is -1.07. The molecule has 5 heteroatoms. The highest BCUT2D eigenvalue weighted by Crippen LogP contribution is 2.30. The van der Waals surface area contributed by atoms with Crippen LogP contribution in [0, 0.1) is 0 Å². The highest BCUT2D eigenvalue weighted by Gasteiger charge is 2.20. The molecule has 1 unspecified atom stereocenters. The lowest BCUT2D eigenvalue weighted by molar-refractivity contribution is 0.401. The predicted molar refractivity (Wildman–Crippen MR) is 58.7 cm³/mol. The van der Waals surface area contributed by atoms with Crippen molar-refractivity contribution < 1.29 is 13.2 Å². The van der Waals surface area contributed by atoms with Crippen LogP contribution in [0.4, 0.5) is 0 Å². The van der Waals surface area contributed by atoms with Crippen LogP contribution in [-0.4, -0.2) is 21.8 Å². The van der Waals surface area contributed by atoms with Gasteiger partial charge in [-0.15, -0.1) is 0 Å². The van der Waals surface area contributed by atoms with Gasteiger partial charge in [0.05, 0.1) is 7.11 Å². The van der Waals surface area contributed by atoms with Crippen LogP contribution in [0.2, 0.25) is 0 Å². The molecule has 0 spiro atoms. The van der Waals surface area contributed by atoms with Crippen LogP contribution < -0.4 is 10.5 Å². The molecular formula is C10H15NO3S. The Kier molecular flexibility index (Phi) is 3.36. The van der Waals surface area contributed by atoms with E-state index in [9.17, 15) is 8.42 Å². The molecule has 0 heterocycles. The lowest BCUT2D eigenvalue weighted by atomic mass is 10.1. The monoisotopic (exact) mass is 229 g/mol. The largest absolute Gasteiger partial charge is 0.495 e. The van der Waals surface area contributed by atoms with E-state index in [-0.39, 0.29) is 10.9 Å². The van der Waals surface area contributed by atoms with E-state index < -0.39 is 9.84 Å². The van der Waals surface area contributed by atoms with E-state index in [1.54, 1.807) is 25.1 Å². The van der Waals surface area contributed by atoms with E-state index >= 15 is 0 Å². The average molecular weight is 229 g/mol. The Labute approximate surface area is 90.0 Å². The van der Waals surface area contributed by atoms with Crippen molar-refractivity contribution in [2.24, 2.45) is 5.73 Å². The van der Waals surface area contributed by atoms with Gasteiger partial charge in [0, 0.05) is 12.3 Å². The van der Waals surface area contributed by atoms with Crippen molar-refractivity contribution in [1.82, 2.24) is 0 Å². The fourth-order valence-electron chi connectivity index (χ4n) is 1.45. The third kappa shape index (κ3) is 2.49. The molecule has 0 aliphatic carbocycles. The van der Waals surface area contributed by atoms with Crippen LogP contribution in [0.5, 0.6) is 5.75 Å². The van der Waals surface area contributed by atoms with E-state index in [0.717, 1.165) is 6.26 Å². The lowest BCUT2D eigenvalue weighted by Crippen LogP contribution is -2.12. The van der Waals surface area contributed by atoms with E-state index in [2.05, 4.69) is 0 Å². The van der Waals surface area contributed by atoms with Crippen LogP contribution in [0.25, 0.3) is 0 Å². The Morgan fingerprint density at radius 3 is 2.40 bits per heavy atom. The summed E-state index contributed by atoms with van der Waals surface area (Å²) in [5.41, 5.74) is 6.30. The zero-order chi connectivity index (χ0) is 11.6. The first-order valence-corrected chi connectivity index (χ1v) is 6.39. The summed E-state index contributed by atoms with van der Waals surface area (Å²) in [7, 11) is -1.89. The minimum Gasteiger partial charge on any atom is -0.495 e. The van der Waals surface area contributed by atoms with Gasteiger partial charge in [-0.3, -0.25) is 0 Å². The zero-order valence-electron chi connectivity index (χ0n) is 9.02. The summed E-state index contributed by atoms with van der Waals surface area (Å²) >= 11 is 0. The van der Waals surface area contributed by atoms with Crippen LogP contribution in [0.1, 0.15) is 18.5 Å². The van der Waals surface area contributed by atoms with Crippen molar-refractivity contribution in [3.63, 3.8) is 0 Å². The predicted octanol–water partition coefficient (Wildman–Crippen LogP) is 1.12. The molecule has 2 N–H and O–H groups in total. The minimum absolute atomic E-state index is 0.183. The number of methoxy groups -OCH3 is 1. The third-order valence-corrected chi connectivity index (χ3v) is 3.27. The zero-order valence-corrected chi connectivity index (χ0v) is 9.84. The average Bonchev–Trinajstić information content (AvgIpc) is 2.15. The molecule has 0 aliphatic rings. The number of nitrogens with two attached hydrogens (primary N) is 1. The van der Waals surface area contributed by atoms with Crippen molar-refractivity contribution >= 4 is 9.84 Å². The lowest BCUT2D eigenvalue weighted by Gasteiger charge is -2.14. The summed E-state index contributed by atoms with van der Waals surface area (Å²) in [6.07, 6.45) is 1.15. The number of sulfone groups is 1. The fourth-order valence-corrected chi connectivity index (χ4v) is 2.65. The summed E-state index contributed by atoms with van der Waals surface area (Å²) < 4.78 is 28.2. The van der Waals surface area contributed by atoms with Crippen LogP contribution in [-0.2, 0) is 9.84 Å². The summed E-state index contributed by atoms with van der Waals surface area (Å²) in [5.74, 6) is 0.340. The number of benzene rings is 1. The molecule has 1 aromatic rings. The van der Waals surface area contributed by atoms with E-state index in [1.807, 2.05) is 0 Å². The fraction of sp³-hybridized carbons (Fsp3) is 0.400. The van der Waals surface area contributed by atoms with Gasteiger partial charge in [-0.2, -0.15) is 0 Å². The van der Waals surface area contributed by atoms with Gasteiger partial charge in [0.2, 0.25) is 0 Å². The van der Waals surface area contributed by atoms with Crippen molar-refractivity contribution in [1.29, 1.82) is 0 Å². The summed E-state index contributed by atoms with van der Waals surface area (Å²) in [5, 5.41) is 0. The Bertz CT molecular complexity index is 452. The maximum Gasteiger partial charge on any atom is 0.179 e. The minimum atomic E-state index is -3.33. The van der Waals surface area contributed by atoms with Gasteiger partial charge in [0.1, 0.15) is 10.6 Å². The van der Waals surface area contributed by atoms with Crippen molar-refractivity contribution in [3.8, 4) is 5.75 Å². The third-order valence-electron chi connectivity index (χ3n) is 2.09. The number of hydrogen-bond acceptors (Lipinski definition) is 4. The van der Waals surface area contributed by atoms with E-state index in [4.69, 9.17) is 10.5 Å². The van der Waals surface area contributed by atoms with Crippen molar-refractivity contribution in [2.45, 2.75) is 17.9 Å². The van der Waals surface area contributed by atoms with Gasteiger partial charge in [0.15, 0.2) is 9.84 Å². The molecule has 0 fully saturated rings. The molecule has 0 amide bonds. The van der Waals surface area contributed by atoms with Crippen LogP contribution >= 0.6 is 0 Å². The Morgan fingerprint density at radius 2 is 2.00 bits per heavy atom. The van der Waals surface area contributed by atoms with Crippen LogP contribution in [0.15, 0.2) is 23.1 Å². The van der Waals surface area contributed by atoms with Gasteiger partial charge in [-0.05, 0) is 18.6 Å². The van der Waals surface area contributed by atoms with Gasteiger partial charge < -0.3 is 10.5 Å². The van der Waals surface area contributed by atoms with Crippen molar-refractivity contribution in [3.05, 3.63) is 23.8 Å². The standard InChI is InChI=1S/C10H15NO3S/c1-7(11)8-5-4-6-9(14-2)10(8)15(3,12)13/h4-7H,11H2,1-3H3.